The molecule has 0 aliphatic carbocycles. The third kappa shape index (κ3) is 1.69. The fourth-order valence-corrected chi connectivity index (χ4v) is 1.36. The van der Waals surface area contributed by atoms with Crippen LogP contribution >= 0.6 is 11.6 Å². The van der Waals surface area contributed by atoms with Gasteiger partial charge in [0, 0.05) is 5.02 Å². The Morgan fingerprint density at radius 3 is 2.73 bits per heavy atom. The van der Waals surface area contributed by atoms with Gasteiger partial charge in [-0.15, -0.1) is 0 Å². The maximum Gasteiger partial charge on any atom is 0.358 e. The number of halogens is 1. The first-order chi connectivity index (χ1) is 7.08. The molecule has 0 saturated heterocycles. The third-order valence-electron chi connectivity index (χ3n) is 1.86. The Kier molecular flexibility index (Phi) is 2.17. The number of nitrogens with zero attached hydrogens (tertiary/aromatic N) is 2. The van der Waals surface area contributed by atoms with Gasteiger partial charge in [0.05, 0.1) is 11.0 Å². The third-order valence-corrected chi connectivity index (χ3v) is 2.09. The van der Waals surface area contributed by atoms with E-state index >= 15 is 0 Å². The summed E-state index contributed by atoms with van der Waals surface area (Å²) in [5.74, 6) is -1.31. The molecule has 76 valence electrons. The molecule has 0 radical (unpaired) electrons. The lowest BCUT2D eigenvalue weighted by molar-refractivity contribution is 0.0692. The van der Waals surface area contributed by atoms with Crippen molar-refractivity contribution in [1.82, 2.24) is 9.97 Å². The summed E-state index contributed by atoms with van der Waals surface area (Å²) in [7, 11) is 0. The predicted molar refractivity (Wildman–Crippen MR) is 55.9 cm³/mol. The average Bonchev–Trinajstić information content (AvgIpc) is 2.17. The highest BCUT2D eigenvalue weighted by molar-refractivity contribution is 6.31. The molecule has 0 amide bonds. The van der Waals surface area contributed by atoms with Crippen molar-refractivity contribution in [3.8, 4) is 0 Å². The molecule has 0 fully saturated rings. The van der Waals surface area contributed by atoms with E-state index in [1.165, 1.54) is 6.07 Å². The van der Waals surface area contributed by atoms with Crippen LogP contribution in [0.1, 0.15) is 10.5 Å². The molecule has 15 heavy (non-hydrogen) atoms. The molecule has 0 atom stereocenters. The molecule has 2 rings (SSSR count). The second-order valence-corrected chi connectivity index (χ2v) is 3.33. The summed E-state index contributed by atoms with van der Waals surface area (Å²) < 4.78 is 0. The number of rotatable bonds is 1. The van der Waals surface area contributed by atoms with Gasteiger partial charge < -0.3 is 10.8 Å². The smallest absolute Gasteiger partial charge is 0.358 e. The lowest BCUT2D eigenvalue weighted by atomic mass is 10.3. The molecule has 6 heteroatoms. The van der Waals surface area contributed by atoms with Crippen LogP contribution in [0.3, 0.4) is 0 Å². The van der Waals surface area contributed by atoms with Crippen molar-refractivity contribution in [2.45, 2.75) is 0 Å². The highest BCUT2D eigenvalue weighted by atomic mass is 35.5. The second kappa shape index (κ2) is 3.36. The van der Waals surface area contributed by atoms with Crippen LogP contribution in [0.2, 0.25) is 5.02 Å². The average molecular weight is 224 g/mol. The van der Waals surface area contributed by atoms with E-state index in [9.17, 15) is 4.79 Å². The number of hydrogen-bond acceptors (Lipinski definition) is 4. The van der Waals surface area contributed by atoms with Crippen molar-refractivity contribution in [1.29, 1.82) is 0 Å². The van der Waals surface area contributed by atoms with E-state index in [0.29, 0.717) is 16.1 Å². The lowest BCUT2D eigenvalue weighted by Gasteiger charge is -2.02. The van der Waals surface area contributed by atoms with Crippen LogP contribution < -0.4 is 5.73 Å². The Morgan fingerprint density at radius 1 is 1.33 bits per heavy atom. The standard InChI is InChI=1S/C9H6ClN3O2/c10-4-1-2-5-6(3-4)12-7(9(14)15)8(11)13-5/h1-3H,(H2,11,13)(H,14,15). The van der Waals surface area contributed by atoms with E-state index in [4.69, 9.17) is 22.4 Å². The number of hydrogen-bond donors (Lipinski definition) is 2. The van der Waals surface area contributed by atoms with Crippen molar-refractivity contribution in [2.24, 2.45) is 0 Å². The molecule has 0 aliphatic heterocycles. The van der Waals surface area contributed by atoms with E-state index in [-0.39, 0.29) is 11.5 Å². The number of benzene rings is 1. The maximum absolute atomic E-state index is 10.7. The zero-order valence-corrected chi connectivity index (χ0v) is 8.19. The zero-order valence-electron chi connectivity index (χ0n) is 7.44. The minimum atomic E-state index is -1.21. The largest absolute Gasteiger partial charge is 0.476 e. The molecule has 1 aromatic carbocycles. The highest BCUT2D eigenvalue weighted by Gasteiger charge is 2.12. The van der Waals surface area contributed by atoms with Crippen LogP contribution in [0.25, 0.3) is 11.0 Å². The summed E-state index contributed by atoms with van der Waals surface area (Å²) in [6.45, 7) is 0. The highest BCUT2D eigenvalue weighted by Crippen LogP contribution is 2.18. The van der Waals surface area contributed by atoms with E-state index in [2.05, 4.69) is 9.97 Å². The van der Waals surface area contributed by atoms with Crippen molar-refractivity contribution < 1.29 is 9.90 Å². The summed E-state index contributed by atoms with van der Waals surface area (Å²) in [6, 6.07) is 4.81. The van der Waals surface area contributed by atoms with Crippen molar-refractivity contribution in [2.75, 3.05) is 5.73 Å². The fraction of sp³-hybridized carbons (Fsp3) is 0. The molecular weight excluding hydrogens is 218 g/mol. The molecule has 1 aromatic heterocycles. The van der Waals surface area contributed by atoms with Gasteiger partial charge in [0.1, 0.15) is 0 Å². The van der Waals surface area contributed by atoms with Crippen LogP contribution in [-0.4, -0.2) is 21.0 Å². The van der Waals surface area contributed by atoms with Crippen LogP contribution in [0.15, 0.2) is 18.2 Å². The Bertz CT molecular complexity index is 556. The minimum Gasteiger partial charge on any atom is -0.476 e. The predicted octanol–water partition coefficient (Wildman–Crippen LogP) is 1.56. The van der Waals surface area contributed by atoms with Gasteiger partial charge >= 0.3 is 5.97 Å². The number of aromatic nitrogens is 2. The first-order valence-electron chi connectivity index (χ1n) is 4.04. The number of anilines is 1. The summed E-state index contributed by atoms with van der Waals surface area (Å²) in [5, 5.41) is 9.25. The molecule has 0 saturated carbocycles. The van der Waals surface area contributed by atoms with Gasteiger partial charge in [-0.1, -0.05) is 11.6 Å². The van der Waals surface area contributed by atoms with Crippen molar-refractivity contribution in [3.63, 3.8) is 0 Å². The first kappa shape index (κ1) is 9.67. The van der Waals surface area contributed by atoms with Crippen LogP contribution in [0.4, 0.5) is 5.82 Å². The van der Waals surface area contributed by atoms with Gasteiger partial charge in [-0.2, -0.15) is 0 Å². The number of aromatic carboxylic acids is 1. The molecule has 5 nitrogen and oxygen atoms in total. The quantitative estimate of drug-likeness (QED) is 0.766. The molecule has 0 aliphatic rings. The molecule has 0 spiro atoms. The van der Waals surface area contributed by atoms with Gasteiger partial charge in [-0.05, 0) is 18.2 Å². The number of carboxylic acid groups (broad SMARTS) is 1. The van der Waals surface area contributed by atoms with E-state index < -0.39 is 5.97 Å². The summed E-state index contributed by atoms with van der Waals surface area (Å²) in [5.41, 5.74) is 6.11. The number of nitrogens with two attached hydrogens (primary N) is 1. The zero-order chi connectivity index (χ0) is 11.0. The molecule has 1 heterocycles. The SMILES string of the molecule is Nc1nc2ccc(Cl)cc2nc1C(=O)O. The molecule has 3 N–H and O–H groups in total. The summed E-state index contributed by atoms with van der Waals surface area (Å²) >= 11 is 5.74. The summed E-state index contributed by atoms with van der Waals surface area (Å²) in [4.78, 5) is 18.5. The van der Waals surface area contributed by atoms with Gasteiger partial charge in [-0.25, -0.2) is 14.8 Å². The lowest BCUT2D eigenvalue weighted by Crippen LogP contribution is -2.07. The summed E-state index contributed by atoms with van der Waals surface area (Å²) in [6.07, 6.45) is 0. The van der Waals surface area contributed by atoms with Gasteiger partial charge in [0.2, 0.25) is 0 Å². The van der Waals surface area contributed by atoms with Gasteiger partial charge in [-0.3, -0.25) is 0 Å². The molecule has 0 bridgehead atoms. The van der Waals surface area contributed by atoms with E-state index in [0.717, 1.165) is 0 Å². The molecular formula is C9H6ClN3O2. The Morgan fingerprint density at radius 2 is 2.07 bits per heavy atom. The Balaban J connectivity index is 2.77. The van der Waals surface area contributed by atoms with E-state index in [1.54, 1.807) is 12.1 Å². The van der Waals surface area contributed by atoms with Gasteiger partial charge in [0.15, 0.2) is 11.5 Å². The normalized spacial score (nSPS) is 10.5. The maximum atomic E-state index is 10.7. The molecule has 0 unspecified atom stereocenters. The fourth-order valence-electron chi connectivity index (χ4n) is 1.20. The first-order valence-corrected chi connectivity index (χ1v) is 4.42. The Hall–Kier alpha value is -1.88. The number of carboxylic acids is 1. The van der Waals surface area contributed by atoms with Gasteiger partial charge in [0.25, 0.3) is 0 Å². The van der Waals surface area contributed by atoms with Crippen molar-refractivity contribution >= 4 is 34.4 Å². The van der Waals surface area contributed by atoms with Crippen LogP contribution in [-0.2, 0) is 0 Å². The second-order valence-electron chi connectivity index (χ2n) is 2.90. The van der Waals surface area contributed by atoms with E-state index in [1.807, 2.05) is 0 Å². The number of carbonyl (C=O) groups is 1. The van der Waals surface area contributed by atoms with Crippen LogP contribution in [0, 0.1) is 0 Å². The molecule has 2 aromatic rings. The number of nitrogen functional groups attached to an aromatic ring is 1. The minimum absolute atomic E-state index is 0.0997. The topological polar surface area (TPSA) is 89.1 Å². The Labute approximate surface area is 89.5 Å². The number of fused-ring (bicyclic) bond motifs is 1. The van der Waals surface area contributed by atoms with Crippen LogP contribution in [0.5, 0.6) is 0 Å². The van der Waals surface area contributed by atoms with Crippen molar-refractivity contribution in [3.05, 3.63) is 28.9 Å². The monoisotopic (exact) mass is 223 g/mol.